The van der Waals surface area contributed by atoms with Crippen LogP contribution in [-0.2, 0) is 6.42 Å². The van der Waals surface area contributed by atoms with E-state index in [0.717, 1.165) is 23.2 Å². The lowest BCUT2D eigenvalue weighted by Crippen LogP contribution is -2.38. The van der Waals surface area contributed by atoms with E-state index in [9.17, 15) is 4.79 Å². The molecule has 4 rings (SSSR count). The van der Waals surface area contributed by atoms with Crippen LogP contribution in [0.5, 0.6) is 0 Å². The Bertz CT molecular complexity index is 757. The van der Waals surface area contributed by atoms with Crippen molar-refractivity contribution in [3.63, 3.8) is 0 Å². The van der Waals surface area contributed by atoms with Gasteiger partial charge < -0.3 is 10.6 Å². The Kier molecular flexibility index (Phi) is 4.04. The first-order valence-electron chi connectivity index (χ1n) is 8.65. The Morgan fingerprint density at radius 1 is 1.38 bits per heavy atom. The maximum Gasteiger partial charge on any atom is 0.314 e. The van der Waals surface area contributed by atoms with Crippen LogP contribution >= 0.6 is 11.3 Å². The van der Waals surface area contributed by atoms with Gasteiger partial charge >= 0.3 is 6.03 Å². The zero-order chi connectivity index (χ0) is 16.7. The minimum atomic E-state index is -0.0617. The number of urea groups is 1. The average molecular weight is 341 g/mol. The van der Waals surface area contributed by atoms with Gasteiger partial charge in [-0.2, -0.15) is 0 Å². The molecule has 0 saturated heterocycles. The molecule has 1 aromatic carbocycles. The minimum absolute atomic E-state index is 0.0617. The molecule has 2 aliphatic rings. The van der Waals surface area contributed by atoms with E-state index in [2.05, 4.69) is 52.2 Å². The van der Waals surface area contributed by atoms with Gasteiger partial charge in [-0.15, -0.1) is 11.3 Å². The summed E-state index contributed by atoms with van der Waals surface area (Å²) in [5.41, 5.74) is 4.05. The monoisotopic (exact) mass is 341 g/mol. The largest absolute Gasteiger partial charge is 0.338 e. The van der Waals surface area contributed by atoms with Gasteiger partial charge in [-0.3, -0.25) is 0 Å². The van der Waals surface area contributed by atoms with E-state index in [0.29, 0.717) is 18.4 Å². The topological polar surface area (TPSA) is 54.0 Å². The minimum Gasteiger partial charge on any atom is -0.338 e. The zero-order valence-electron chi connectivity index (χ0n) is 14.1. The number of thiazole rings is 1. The third kappa shape index (κ3) is 2.93. The maximum absolute atomic E-state index is 12.0. The summed E-state index contributed by atoms with van der Waals surface area (Å²) >= 11 is 1.66. The Morgan fingerprint density at radius 3 is 3.00 bits per heavy atom. The highest BCUT2D eigenvalue weighted by Crippen LogP contribution is 2.60. The fourth-order valence-electron chi connectivity index (χ4n) is 3.97. The number of hydrogen-bond acceptors (Lipinski definition) is 3. The summed E-state index contributed by atoms with van der Waals surface area (Å²) in [4.78, 5) is 16.5. The second-order valence-electron chi connectivity index (χ2n) is 7.08. The number of fused-ring (bicyclic) bond motifs is 3. The van der Waals surface area contributed by atoms with Gasteiger partial charge in [-0.25, -0.2) is 9.78 Å². The molecule has 0 radical (unpaired) electrons. The molecule has 1 heterocycles. The predicted molar refractivity (Wildman–Crippen MR) is 96.5 cm³/mol. The van der Waals surface area contributed by atoms with E-state index in [1.165, 1.54) is 17.5 Å². The summed E-state index contributed by atoms with van der Waals surface area (Å²) in [5.74, 6) is 2.27. The molecular weight excluding hydrogens is 318 g/mol. The Balaban J connectivity index is 1.21. The number of carbonyl (C=O) groups excluding carboxylic acids is 1. The van der Waals surface area contributed by atoms with E-state index in [4.69, 9.17) is 0 Å². The summed E-state index contributed by atoms with van der Waals surface area (Å²) in [6.07, 6.45) is 1.18. The van der Waals surface area contributed by atoms with Crippen molar-refractivity contribution in [1.29, 1.82) is 0 Å². The quantitative estimate of drug-likeness (QED) is 0.875. The molecular formula is C19H23N3OS. The molecule has 2 N–H and O–H groups in total. The van der Waals surface area contributed by atoms with Gasteiger partial charge in [0.25, 0.3) is 0 Å². The first-order chi connectivity index (χ1) is 11.6. The Labute approximate surface area is 146 Å². The molecule has 2 amide bonds. The van der Waals surface area contributed by atoms with Gasteiger partial charge in [0.1, 0.15) is 0 Å². The lowest BCUT2D eigenvalue weighted by Gasteiger charge is -2.12. The van der Waals surface area contributed by atoms with Crippen LogP contribution in [0.15, 0.2) is 29.6 Å². The Hall–Kier alpha value is -1.88. The second kappa shape index (κ2) is 6.20. The molecule has 1 aromatic heterocycles. The SMILES string of the molecule is Cc1csc([C@H](C)CNC(=O)NC[C@@H]2[C@H]3Cc4ccccc4[C@@H]23)n1. The summed E-state index contributed by atoms with van der Waals surface area (Å²) < 4.78 is 0. The van der Waals surface area contributed by atoms with Crippen LogP contribution in [-0.4, -0.2) is 24.1 Å². The fourth-order valence-corrected chi connectivity index (χ4v) is 4.82. The van der Waals surface area contributed by atoms with Crippen molar-refractivity contribution >= 4 is 17.4 Å². The van der Waals surface area contributed by atoms with Gasteiger partial charge in [0.2, 0.25) is 0 Å². The molecule has 5 heteroatoms. The summed E-state index contributed by atoms with van der Waals surface area (Å²) in [6, 6.07) is 8.67. The van der Waals surface area contributed by atoms with Crippen molar-refractivity contribution in [2.75, 3.05) is 13.1 Å². The number of aryl methyl sites for hydroxylation is 1. The first-order valence-corrected chi connectivity index (χ1v) is 9.53. The third-order valence-electron chi connectivity index (χ3n) is 5.33. The molecule has 2 aromatic rings. The molecule has 1 fully saturated rings. The van der Waals surface area contributed by atoms with Crippen molar-refractivity contribution in [1.82, 2.24) is 15.6 Å². The maximum atomic E-state index is 12.0. The molecule has 0 aliphatic heterocycles. The molecule has 4 nitrogen and oxygen atoms in total. The van der Waals surface area contributed by atoms with Gasteiger partial charge in [0, 0.05) is 30.1 Å². The van der Waals surface area contributed by atoms with Crippen molar-refractivity contribution in [2.24, 2.45) is 11.8 Å². The molecule has 126 valence electrons. The van der Waals surface area contributed by atoms with Gasteiger partial charge in [-0.05, 0) is 42.2 Å². The number of benzene rings is 1. The van der Waals surface area contributed by atoms with Crippen LogP contribution in [0.2, 0.25) is 0 Å². The second-order valence-corrected chi connectivity index (χ2v) is 7.97. The molecule has 4 atom stereocenters. The summed E-state index contributed by atoms with van der Waals surface area (Å²) in [5, 5.41) is 9.16. The molecule has 1 saturated carbocycles. The number of aromatic nitrogens is 1. The van der Waals surface area contributed by atoms with Gasteiger partial charge in [0.15, 0.2) is 0 Å². The van der Waals surface area contributed by atoms with E-state index in [1.54, 1.807) is 11.3 Å². The van der Waals surface area contributed by atoms with Gasteiger partial charge in [-0.1, -0.05) is 31.2 Å². The number of nitrogens with zero attached hydrogens (tertiary/aromatic N) is 1. The van der Waals surface area contributed by atoms with E-state index in [-0.39, 0.29) is 11.9 Å². The number of hydrogen-bond donors (Lipinski definition) is 2. The molecule has 0 unspecified atom stereocenters. The highest BCUT2D eigenvalue weighted by molar-refractivity contribution is 7.09. The van der Waals surface area contributed by atoms with Crippen molar-refractivity contribution < 1.29 is 4.79 Å². The van der Waals surface area contributed by atoms with Gasteiger partial charge in [0.05, 0.1) is 5.01 Å². The van der Waals surface area contributed by atoms with Crippen molar-refractivity contribution in [3.05, 3.63) is 51.5 Å². The molecule has 2 aliphatic carbocycles. The lowest BCUT2D eigenvalue weighted by molar-refractivity contribution is 0.239. The zero-order valence-corrected chi connectivity index (χ0v) is 14.9. The van der Waals surface area contributed by atoms with Crippen LogP contribution < -0.4 is 10.6 Å². The van der Waals surface area contributed by atoms with Crippen LogP contribution in [0.25, 0.3) is 0 Å². The molecule has 24 heavy (non-hydrogen) atoms. The Morgan fingerprint density at radius 2 is 2.21 bits per heavy atom. The normalized spacial score (nSPS) is 24.8. The third-order valence-corrected chi connectivity index (χ3v) is 6.52. The van der Waals surface area contributed by atoms with Crippen LogP contribution in [0.4, 0.5) is 4.79 Å². The first kappa shape index (κ1) is 15.6. The molecule has 0 bridgehead atoms. The van der Waals surface area contributed by atoms with Crippen molar-refractivity contribution in [2.45, 2.75) is 32.1 Å². The van der Waals surface area contributed by atoms with Crippen LogP contribution in [0, 0.1) is 18.8 Å². The lowest BCUT2D eigenvalue weighted by atomic mass is 10.0. The number of nitrogens with one attached hydrogen (secondary N) is 2. The predicted octanol–water partition coefficient (Wildman–Crippen LogP) is 3.44. The smallest absolute Gasteiger partial charge is 0.314 e. The number of amides is 2. The number of carbonyl (C=O) groups is 1. The van der Waals surface area contributed by atoms with E-state index in [1.807, 2.05) is 6.92 Å². The highest BCUT2D eigenvalue weighted by Gasteiger charge is 2.54. The van der Waals surface area contributed by atoms with Crippen LogP contribution in [0.1, 0.15) is 40.6 Å². The average Bonchev–Trinajstić information content (AvgIpc) is 2.92. The molecule has 0 spiro atoms. The van der Waals surface area contributed by atoms with Crippen LogP contribution in [0.3, 0.4) is 0 Å². The van der Waals surface area contributed by atoms with E-state index >= 15 is 0 Å². The summed E-state index contributed by atoms with van der Waals surface area (Å²) in [6.45, 7) is 5.50. The van der Waals surface area contributed by atoms with E-state index < -0.39 is 0 Å². The standard InChI is InChI=1S/C19H23N3OS/c1-11(18-22-12(2)10-24-18)8-20-19(23)21-9-16-15-7-13-5-3-4-6-14(13)17(15)16/h3-6,10-11,15-17H,7-9H2,1-2H3,(H2,20,21,23)/t11-,15-,16-,17-/m1/s1. The highest BCUT2D eigenvalue weighted by atomic mass is 32.1. The fraction of sp³-hybridized carbons (Fsp3) is 0.474. The number of rotatable bonds is 5. The van der Waals surface area contributed by atoms with Crippen molar-refractivity contribution in [3.8, 4) is 0 Å². The summed E-state index contributed by atoms with van der Waals surface area (Å²) in [7, 11) is 0.